The normalized spacial score (nSPS) is 12.9. The van der Waals surface area contributed by atoms with Gasteiger partial charge in [0.1, 0.15) is 0 Å². The minimum Gasteiger partial charge on any atom is -0.327 e. The highest BCUT2D eigenvalue weighted by atomic mass is 32.1. The number of nitrogens with zero attached hydrogens (tertiary/aromatic N) is 2. The molecule has 2 aromatic rings. The molecule has 2 N–H and O–H groups in total. The molecule has 0 saturated heterocycles. The first-order valence-electron chi connectivity index (χ1n) is 5.13. The van der Waals surface area contributed by atoms with Crippen molar-refractivity contribution in [3.05, 3.63) is 35.6 Å². The molecule has 0 aliphatic carbocycles. The van der Waals surface area contributed by atoms with E-state index in [9.17, 15) is 0 Å². The van der Waals surface area contributed by atoms with Crippen LogP contribution in [0.5, 0.6) is 0 Å². The molecule has 2 rings (SSSR count). The van der Waals surface area contributed by atoms with Gasteiger partial charge in [0, 0.05) is 35.9 Å². The molecule has 0 spiro atoms. The topological polar surface area (TPSA) is 43.8 Å². The smallest absolute Gasteiger partial charge is 0.193 e. The summed E-state index contributed by atoms with van der Waals surface area (Å²) in [4.78, 5) is 4.29. The number of thiazole rings is 1. The van der Waals surface area contributed by atoms with Crippen LogP contribution in [0.4, 0.5) is 0 Å². The van der Waals surface area contributed by atoms with Crippen LogP contribution < -0.4 is 5.73 Å². The summed E-state index contributed by atoms with van der Waals surface area (Å²) in [5, 5.41) is 3.00. The lowest BCUT2D eigenvalue weighted by Gasteiger charge is -2.10. The van der Waals surface area contributed by atoms with Crippen molar-refractivity contribution < 1.29 is 0 Å². The Bertz CT molecular complexity index is 405. The Morgan fingerprint density at radius 2 is 2.47 bits per heavy atom. The van der Waals surface area contributed by atoms with E-state index in [1.54, 1.807) is 11.3 Å². The highest BCUT2D eigenvalue weighted by molar-refractivity contribution is 7.12. The molecule has 0 amide bonds. The van der Waals surface area contributed by atoms with Crippen LogP contribution in [0.25, 0.3) is 5.13 Å². The van der Waals surface area contributed by atoms with Crippen LogP contribution in [0.1, 0.15) is 19.0 Å². The number of rotatable bonds is 4. The summed E-state index contributed by atoms with van der Waals surface area (Å²) in [6.07, 6.45) is 5.77. The first kappa shape index (κ1) is 10.4. The summed E-state index contributed by atoms with van der Waals surface area (Å²) in [6.45, 7) is 2.11. The summed E-state index contributed by atoms with van der Waals surface area (Å²) in [6, 6.07) is 4.38. The molecule has 0 aromatic carbocycles. The Morgan fingerprint density at radius 1 is 1.60 bits per heavy atom. The van der Waals surface area contributed by atoms with Gasteiger partial charge in [-0.2, -0.15) is 0 Å². The van der Waals surface area contributed by atoms with Crippen molar-refractivity contribution in [2.75, 3.05) is 0 Å². The highest BCUT2D eigenvalue weighted by Gasteiger charge is 2.08. The van der Waals surface area contributed by atoms with E-state index >= 15 is 0 Å². The SMILES string of the molecule is CCC(N)Cc1cccn1-c1nccs1. The van der Waals surface area contributed by atoms with Crippen molar-refractivity contribution in [3.8, 4) is 5.13 Å². The van der Waals surface area contributed by atoms with Gasteiger partial charge in [-0.15, -0.1) is 11.3 Å². The quantitative estimate of drug-likeness (QED) is 0.860. The Kier molecular flexibility index (Phi) is 3.18. The fourth-order valence-electron chi connectivity index (χ4n) is 1.52. The molecule has 0 bridgehead atoms. The summed E-state index contributed by atoms with van der Waals surface area (Å²) in [7, 11) is 0. The van der Waals surface area contributed by atoms with Gasteiger partial charge in [-0.3, -0.25) is 4.57 Å². The third-order valence-electron chi connectivity index (χ3n) is 2.45. The van der Waals surface area contributed by atoms with Gasteiger partial charge in [-0.1, -0.05) is 6.92 Å². The largest absolute Gasteiger partial charge is 0.327 e. The summed E-state index contributed by atoms with van der Waals surface area (Å²) < 4.78 is 2.11. The van der Waals surface area contributed by atoms with Crippen molar-refractivity contribution in [1.82, 2.24) is 9.55 Å². The Hall–Kier alpha value is -1.13. The van der Waals surface area contributed by atoms with Gasteiger partial charge in [0.25, 0.3) is 0 Å². The molecule has 4 heteroatoms. The minimum atomic E-state index is 0.235. The molecular formula is C11H15N3S. The maximum atomic E-state index is 5.96. The van der Waals surface area contributed by atoms with E-state index in [4.69, 9.17) is 5.73 Å². The highest BCUT2D eigenvalue weighted by Crippen LogP contribution is 2.16. The maximum absolute atomic E-state index is 5.96. The second kappa shape index (κ2) is 4.59. The lowest BCUT2D eigenvalue weighted by atomic mass is 10.1. The maximum Gasteiger partial charge on any atom is 0.193 e. The molecule has 0 aliphatic heterocycles. The van der Waals surface area contributed by atoms with Gasteiger partial charge in [-0.05, 0) is 18.6 Å². The second-order valence-corrected chi connectivity index (χ2v) is 4.43. The van der Waals surface area contributed by atoms with E-state index in [-0.39, 0.29) is 6.04 Å². The molecule has 2 aromatic heterocycles. The monoisotopic (exact) mass is 221 g/mol. The van der Waals surface area contributed by atoms with E-state index in [0.717, 1.165) is 18.0 Å². The number of hydrogen-bond acceptors (Lipinski definition) is 3. The third kappa shape index (κ3) is 2.27. The van der Waals surface area contributed by atoms with Crippen molar-refractivity contribution in [1.29, 1.82) is 0 Å². The standard InChI is InChI=1S/C11H15N3S/c1-2-9(12)8-10-4-3-6-14(10)11-13-5-7-15-11/h3-7,9H,2,8,12H2,1H3. The van der Waals surface area contributed by atoms with E-state index in [2.05, 4.69) is 22.5 Å². The zero-order valence-electron chi connectivity index (χ0n) is 8.76. The molecular weight excluding hydrogens is 206 g/mol. The van der Waals surface area contributed by atoms with Crippen LogP contribution in [-0.4, -0.2) is 15.6 Å². The zero-order valence-corrected chi connectivity index (χ0v) is 9.57. The molecule has 2 heterocycles. The van der Waals surface area contributed by atoms with Crippen LogP contribution in [0.3, 0.4) is 0 Å². The molecule has 0 aliphatic rings. The Labute approximate surface area is 93.6 Å². The molecule has 3 nitrogen and oxygen atoms in total. The Morgan fingerprint density at radius 3 is 3.13 bits per heavy atom. The minimum absolute atomic E-state index is 0.235. The van der Waals surface area contributed by atoms with Crippen molar-refractivity contribution in [3.63, 3.8) is 0 Å². The fraction of sp³-hybridized carbons (Fsp3) is 0.364. The second-order valence-electron chi connectivity index (χ2n) is 3.56. The predicted octanol–water partition coefficient (Wildman–Crippen LogP) is 2.21. The lowest BCUT2D eigenvalue weighted by molar-refractivity contribution is 0.630. The summed E-state index contributed by atoms with van der Waals surface area (Å²) in [5.74, 6) is 0. The summed E-state index contributed by atoms with van der Waals surface area (Å²) >= 11 is 1.64. The van der Waals surface area contributed by atoms with Crippen LogP contribution in [0, 0.1) is 0 Å². The average molecular weight is 221 g/mol. The van der Waals surface area contributed by atoms with Crippen LogP contribution >= 0.6 is 11.3 Å². The zero-order chi connectivity index (χ0) is 10.7. The molecule has 15 heavy (non-hydrogen) atoms. The van der Waals surface area contributed by atoms with Crippen LogP contribution in [-0.2, 0) is 6.42 Å². The number of hydrogen-bond donors (Lipinski definition) is 1. The van der Waals surface area contributed by atoms with Gasteiger partial charge < -0.3 is 5.73 Å². The lowest BCUT2D eigenvalue weighted by Crippen LogP contribution is -2.22. The van der Waals surface area contributed by atoms with Crippen molar-refractivity contribution in [2.24, 2.45) is 5.73 Å². The van der Waals surface area contributed by atoms with Crippen LogP contribution in [0.2, 0.25) is 0 Å². The third-order valence-corrected chi connectivity index (χ3v) is 3.22. The van der Waals surface area contributed by atoms with Gasteiger partial charge in [0.05, 0.1) is 0 Å². The number of aromatic nitrogens is 2. The summed E-state index contributed by atoms with van der Waals surface area (Å²) in [5.41, 5.74) is 7.19. The number of nitrogens with two attached hydrogens (primary N) is 1. The van der Waals surface area contributed by atoms with Crippen molar-refractivity contribution in [2.45, 2.75) is 25.8 Å². The fourth-order valence-corrected chi connectivity index (χ4v) is 2.17. The first-order chi connectivity index (χ1) is 7.31. The van der Waals surface area contributed by atoms with E-state index < -0.39 is 0 Å². The predicted molar refractivity (Wildman–Crippen MR) is 63.4 cm³/mol. The molecule has 1 unspecified atom stereocenters. The van der Waals surface area contributed by atoms with Gasteiger partial charge in [0.15, 0.2) is 5.13 Å². The van der Waals surface area contributed by atoms with Gasteiger partial charge in [-0.25, -0.2) is 4.98 Å². The van der Waals surface area contributed by atoms with E-state index in [1.165, 1.54) is 5.69 Å². The molecule has 0 radical (unpaired) electrons. The van der Waals surface area contributed by atoms with E-state index in [1.807, 2.05) is 23.8 Å². The van der Waals surface area contributed by atoms with Gasteiger partial charge >= 0.3 is 0 Å². The van der Waals surface area contributed by atoms with Crippen LogP contribution in [0.15, 0.2) is 29.9 Å². The van der Waals surface area contributed by atoms with Crippen molar-refractivity contribution >= 4 is 11.3 Å². The first-order valence-corrected chi connectivity index (χ1v) is 6.01. The Balaban J connectivity index is 2.23. The molecule has 1 atom stereocenters. The van der Waals surface area contributed by atoms with E-state index in [0.29, 0.717) is 0 Å². The average Bonchev–Trinajstić information content (AvgIpc) is 2.86. The van der Waals surface area contributed by atoms with Gasteiger partial charge in [0.2, 0.25) is 0 Å². The molecule has 0 fully saturated rings. The molecule has 80 valence electrons. The molecule has 0 saturated carbocycles.